The van der Waals surface area contributed by atoms with Crippen molar-refractivity contribution in [1.29, 1.82) is 0 Å². The molecule has 1 heterocycles. The molecule has 0 aliphatic carbocycles. The van der Waals surface area contributed by atoms with Gasteiger partial charge in [-0.3, -0.25) is 9.59 Å². The van der Waals surface area contributed by atoms with E-state index in [1.54, 1.807) is 60.7 Å². The minimum absolute atomic E-state index is 0.191. The minimum atomic E-state index is -0.401. The number of hydrogen-bond acceptors (Lipinski definition) is 5. The van der Waals surface area contributed by atoms with E-state index >= 15 is 0 Å². The molecule has 7 nitrogen and oxygen atoms in total. The number of para-hydroxylation sites is 2. The molecule has 0 aliphatic heterocycles. The van der Waals surface area contributed by atoms with E-state index in [0.717, 1.165) is 0 Å². The van der Waals surface area contributed by atoms with Crippen molar-refractivity contribution < 1.29 is 13.9 Å². The van der Waals surface area contributed by atoms with E-state index in [9.17, 15) is 14.0 Å². The largest absolute Gasteiger partial charge is 0.453 e. The van der Waals surface area contributed by atoms with Crippen LogP contribution in [0.1, 0.15) is 15.9 Å². The summed E-state index contributed by atoms with van der Waals surface area (Å²) in [5.41, 5.74) is 2.06. The Morgan fingerprint density at radius 3 is 2.29 bits per heavy atom. The van der Waals surface area contributed by atoms with Crippen LogP contribution < -0.4 is 20.9 Å². The van der Waals surface area contributed by atoms with E-state index in [0.29, 0.717) is 28.3 Å². The quantitative estimate of drug-likeness (QED) is 0.276. The Morgan fingerprint density at radius 1 is 0.868 bits per heavy atom. The van der Waals surface area contributed by atoms with Gasteiger partial charge >= 0.3 is 0 Å². The third-order valence-corrected chi connectivity index (χ3v) is 5.67. The van der Waals surface area contributed by atoms with Crippen LogP contribution in [0.2, 0.25) is 0 Å². The number of aromatic nitrogens is 2. The van der Waals surface area contributed by atoms with Crippen LogP contribution in [0.5, 0.6) is 11.5 Å². The summed E-state index contributed by atoms with van der Waals surface area (Å²) in [4.78, 5) is 26.0. The lowest BCUT2D eigenvalue weighted by Gasteiger charge is -2.15. The van der Waals surface area contributed by atoms with Gasteiger partial charge in [-0.1, -0.05) is 48.5 Å². The van der Waals surface area contributed by atoms with Crippen LogP contribution in [-0.2, 0) is 6.54 Å². The second kappa shape index (κ2) is 11.2. The lowest BCUT2D eigenvalue weighted by Crippen LogP contribution is -2.24. The molecule has 8 heteroatoms. The predicted octanol–water partition coefficient (Wildman–Crippen LogP) is 5.84. The summed E-state index contributed by atoms with van der Waals surface area (Å²) >= 11 is 0. The van der Waals surface area contributed by atoms with Crippen LogP contribution in [0.3, 0.4) is 0 Å². The summed E-state index contributed by atoms with van der Waals surface area (Å²) in [6.07, 6.45) is 1.48. The molecule has 0 atom stereocenters. The first-order valence-electron chi connectivity index (χ1n) is 11.9. The molecular formula is C30H23FN4O3. The van der Waals surface area contributed by atoms with Crippen molar-refractivity contribution in [2.45, 2.75) is 6.54 Å². The van der Waals surface area contributed by atoms with Crippen LogP contribution in [0.4, 0.5) is 15.8 Å². The van der Waals surface area contributed by atoms with Crippen LogP contribution in [0.15, 0.2) is 120 Å². The first-order chi connectivity index (χ1) is 18.6. The normalized spacial score (nSPS) is 10.6. The number of ether oxygens (including phenoxy) is 1. The molecule has 5 rings (SSSR count). The lowest BCUT2D eigenvalue weighted by molar-refractivity contribution is 0.0951. The smallest absolute Gasteiger partial charge is 0.299 e. The van der Waals surface area contributed by atoms with Crippen molar-refractivity contribution in [2.75, 3.05) is 5.32 Å². The van der Waals surface area contributed by atoms with Gasteiger partial charge in [0.05, 0.1) is 11.9 Å². The highest BCUT2D eigenvalue weighted by molar-refractivity contribution is 5.94. The van der Waals surface area contributed by atoms with Gasteiger partial charge in [0.25, 0.3) is 11.5 Å². The number of hydrogen-bond donors (Lipinski definition) is 2. The topological polar surface area (TPSA) is 85.2 Å². The Balaban J connectivity index is 1.38. The van der Waals surface area contributed by atoms with Crippen molar-refractivity contribution in [1.82, 2.24) is 15.1 Å². The minimum Gasteiger partial charge on any atom is -0.453 e. The van der Waals surface area contributed by atoms with Gasteiger partial charge in [0.2, 0.25) is 0 Å². The molecule has 1 amide bonds. The van der Waals surface area contributed by atoms with Crippen LogP contribution in [0.25, 0.3) is 5.69 Å². The van der Waals surface area contributed by atoms with Crippen molar-refractivity contribution >= 4 is 17.3 Å². The second-order valence-corrected chi connectivity index (χ2v) is 8.37. The van der Waals surface area contributed by atoms with Gasteiger partial charge in [-0.25, -0.2) is 4.39 Å². The maximum Gasteiger partial charge on any atom is 0.299 e. The number of nitrogens with zero attached hydrogens (tertiary/aromatic N) is 2. The molecule has 0 saturated carbocycles. The van der Waals surface area contributed by atoms with Crippen molar-refractivity contribution in [3.63, 3.8) is 0 Å². The Morgan fingerprint density at radius 2 is 1.58 bits per heavy atom. The Kier molecular flexibility index (Phi) is 7.22. The van der Waals surface area contributed by atoms with Crippen molar-refractivity contribution in [2.24, 2.45) is 0 Å². The zero-order chi connectivity index (χ0) is 26.3. The maximum absolute atomic E-state index is 13.5. The number of carbonyl (C=O) groups is 1. The zero-order valence-electron chi connectivity index (χ0n) is 20.2. The fraction of sp³-hybridized carbons (Fsp3) is 0.0333. The highest BCUT2D eigenvalue weighted by atomic mass is 19.1. The fourth-order valence-electron chi connectivity index (χ4n) is 3.78. The number of nitrogens with one attached hydrogen (secondary N) is 2. The van der Waals surface area contributed by atoms with Gasteiger partial charge in [-0.15, -0.1) is 0 Å². The van der Waals surface area contributed by atoms with Crippen molar-refractivity contribution in [3.05, 3.63) is 143 Å². The number of benzene rings is 4. The molecule has 0 saturated heterocycles. The van der Waals surface area contributed by atoms with E-state index in [1.165, 1.54) is 23.0 Å². The number of amides is 1. The molecule has 0 bridgehead atoms. The standard InChI is InChI=1S/C30H23FN4O3/c31-23-9-7-8-21(18-23)19-32-29(36)22-14-16-24(17-15-22)34-28-27(38-26-12-5-2-6-13-26)20-33-35(30(28)37)25-10-3-1-4-11-25/h1-18,20,34H,19H2,(H,32,36). The summed E-state index contributed by atoms with van der Waals surface area (Å²) in [5, 5.41) is 10.2. The van der Waals surface area contributed by atoms with E-state index in [2.05, 4.69) is 15.7 Å². The summed E-state index contributed by atoms with van der Waals surface area (Å²) in [6.45, 7) is 0.201. The van der Waals surface area contributed by atoms with Gasteiger partial charge in [-0.05, 0) is 66.2 Å². The van der Waals surface area contributed by atoms with E-state index in [-0.39, 0.29) is 29.7 Å². The van der Waals surface area contributed by atoms with E-state index in [4.69, 9.17) is 4.74 Å². The maximum atomic E-state index is 13.5. The molecule has 4 aromatic carbocycles. The molecule has 0 radical (unpaired) electrons. The molecule has 38 heavy (non-hydrogen) atoms. The fourth-order valence-corrected chi connectivity index (χ4v) is 3.78. The SMILES string of the molecule is O=C(NCc1cccc(F)c1)c1ccc(Nc2c(Oc3ccccc3)cnn(-c3ccccc3)c2=O)cc1. The van der Waals surface area contributed by atoms with Gasteiger partial charge in [0.15, 0.2) is 11.4 Å². The first kappa shape index (κ1) is 24.5. The Hall–Kier alpha value is -5.24. The molecule has 188 valence electrons. The summed E-state index contributed by atoms with van der Waals surface area (Å²) in [7, 11) is 0. The zero-order valence-corrected chi connectivity index (χ0v) is 20.2. The van der Waals surface area contributed by atoms with Gasteiger partial charge in [0, 0.05) is 17.8 Å². The Bertz CT molecular complexity index is 1610. The monoisotopic (exact) mass is 506 g/mol. The Labute approximate surface area is 218 Å². The van der Waals surface area contributed by atoms with Crippen LogP contribution in [-0.4, -0.2) is 15.7 Å². The third-order valence-electron chi connectivity index (χ3n) is 5.67. The average Bonchev–Trinajstić information content (AvgIpc) is 2.95. The summed E-state index contributed by atoms with van der Waals surface area (Å²) in [6, 6.07) is 30.9. The predicted molar refractivity (Wildman–Crippen MR) is 144 cm³/mol. The molecular weight excluding hydrogens is 483 g/mol. The number of carbonyl (C=O) groups excluding carboxylic acids is 1. The van der Waals surface area contributed by atoms with Crippen molar-refractivity contribution in [3.8, 4) is 17.2 Å². The van der Waals surface area contributed by atoms with Gasteiger partial charge in [0.1, 0.15) is 11.6 Å². The van der Waals surface area contributed by atoms with Gasteiger partial charge < -0.3 is 15.4 Å². The highest BCUT2D eigenvalue weighted by Gasteiger charge is 2.16. The van der Waals surface area contributed by atoms with Crippen LogP contribution >= 0.6 is 0 Å². The average molecular weight is 507 g/mol. The number of rotatable bonds is 8. The summed E-state index contributed by atoms with van der Waals surface area (Å²) in [5.74, 6) is 0.152. The number of halogens is 1. The summed E-state index contributed by atoms with van der Waals surface area (Å²) < 4.78 is 20.6. The molecule has 0 fully saturated rings. The number of anilines is 2. The molecule has 0 unspecified atom stereocenters. The third kappa shape index (κ3) is 5.76. The molecule has 2 N–H and O–H groups in total. The molecule has 0 spiro atoms. The van der Waals surface area contributed by atoms with Gasteiger partial charge in [-0.2, -0.15) is 9.78 Å². The van der Waals surface area contributed by atoms with E-state index < -0.39 is 5.56 Å². The highest BCUT2D eigenvalue weighted by Crippen LogP contribution is 2.28. The molecule has 1 aromatic heterocycles. The van der Waals surface area contributed by atoms with Crippen LogP contribution in [0, 0.1) is 5.82 Å². The molecule has 0 aliphatic rings. The van der Waals surface area contributed by atoms with E-state index in [1.807, 2.05) is 36.4 Å². The lowest BCUT2D eigenvalue weighted by atomic mass is 10.1. The first-order valence-corrected chi connectivity index (χ1v) is 11.9. The second-order valence-electron chi connectivity index (χ2n) is 8.37. The molecule has 5 aromatic rings.